The summed E-state index contributed by atoms with van der Waals surface area (Å²) in [6, 6.07) is 3.80. The minimum absolute atomic E-state index is 0.238. The molecular formula is C12H14BrClO2. The quantitative estimate of drug-likeness (QED) is 0.776. The van der Waals surface area contributed by atoms with E-state index in [1.807, 2.05) is 12.1 Å². The van der Waals surface area contributed by atoms with E-state index in [0.29, 0.717) is 5.92 Å². The van der Waals surface area contributed by atoms with Gasteiger partial charge in [-0.15, -0.1) is 0 Å². The largest absolute Gasteiger partial charge is 0.467 e. The van der Waals surface area contributed by atoms with Crippen molar-refractivity contribution in [3.63, 3.8) is 0 Å². The number of hydrogen-bond donors (Lipinski definition) is 0. The van der Waals surface area contributed by atoms with Crippen molar-refractivity contribution in [2.75, 3.05) is 13.9 Å². The third-order valence-corrected chi connectivity index (χ3v) is 3.85. The summed E-state index contributed by atoms with van der Waals surface area (Å²) in [4.78, 5) is 0. The molecule has 0 unspecified atom stereocenters. The molecule has 4 heteroatoms. The average molecular weight is 306 g/mol. The molecule has 1 fully saturated rings. The van der Waals surface area contributed by atoms with E-state index in [9.17, 15) is 0 Å². The lowest BCUT2D eigenvalue weighted by atomic mass is 10.1. The monoisotopic (exact) mass is 304 g/mol. The van der Waals surface area contributed by atoms with Crippen molar-refractivity contribution in [2.24, 2.45) is 5.92 Å². The van der Waals surface area contributed by atoms with Crippen LogP contribution in [-0.4, -0.2) is 13.9 Å². The first kappa shape index (κ1) is 12.2. The van der Waals surface area contributed by atoms with Gasteiger partial charge in [-0.05, 0) is 36.0 Å². The Balaban J connectivity index is 2.22. The molecule has 0 saturated heterocycles. The smallest absolute Gasteiger partial charge is 0.188 e. The fourth-order valence-electron chi connectivity index (χ4n) is 1.85. The van der Waals surface area contributed by atoms with Crippen molar-refractivity contribution in [3.8, 4) is 5.75 Å². The zero-order valence-corrected chi connectivity index (χ0v) is 11.6. The molecule has 0 bridgehead atoms. The lowest BCUT2D eigenvalue weighted by Gasteiger charge is -2.10. The molecule has 16 heavy (non-hydrogen) atoms. The molecule has 0 aliphatic heterocycles. The maximum absolute atomic E-state index is 6.26. The van der Waals surface area contributed by atoms with Crippen LogP contribution in [0.2, 0.25) is 5.02 Å². The summed E-state index contributed by atoms with van der Waals surface area (Å²) in [5.74, 6) is 2.06. The minimum atomic E-state index is 0.238. The highest BCUT2D eigenvalue weighted by Crippen LogP contribution is 2.52. The standard InChI is InChI=1S/C12H14BrClO2/c1-7-3-9(7)12-10(13)4-8(5-11(12)14)16-6-15-2/h4-5,7,9H,3,6H2,1-2H3/t7-,9+/m0/s1. The molecule has 1 aliphatic rings. The summed E-state index contributed by atoms with van der Waals surface area (Å²) >= 11 is 9.82. The van der Waals surface area contributed by atoms with E-state index >= 15 is 0 Å². The molecular weight excluding hydrogens is 291 g/mol. The van der Waals surface area contributed by atoms with Gasteiger partial charge in [-0.1, -0.05) is 34.5 Å². The summed E-state index contributed by atoms with van der Waals surface area (Å²) in [5, 5.41) is 0.773. The maximum Gasteiger partial charge on any atom is 0.188 e. The maximum atomic E-state index is 6.26. The van der Waals surface area contributed by atoms with E-state index in [-0.39, 0.29) is 6.79 Å². The fourth-order valence-corrected chi connectivity index (χ4v) is 3.05. The molecule has 0 amide bonds. The summed E-state index contributed by atoms with van der Waals surface area (Å²) in [6.07, 6.45) is 1.22. The van der Waals surface area contributed by atoms with E-state index in [4.69, 9.17) is 21.1 Å². The predicted molar refractivity (Wildman–Crippen MR) is 68.2 cm³/mol. The molecule has 2 rings (SSSR count). The fraction of sp³-hybridized carbons (Fsp3) is 0.500. The van der Waals surface area contributed by atoms with Gasteiger partial charge in [0.1, 0.15) is 5.75 Å². The zero-order chi connectivity index (χ0) is 11.7. The van der Waals surface area contributed by atoms with Gasteiger partial charge >= 0.3 is 0 Å². The van der Waals surface area contributed by atoms with E-state index in [1.54, 1.807) is 7.11 Å². The van der Waals surface area contributed by atoms with Crippen LogP contribution in [0.25, 0.3) is 0 Å². The Kier molecular flexibility index (Phi) is 3.77. The summed E-state index contributed by atoms with van der Waals surface area (Å²) in [7, 11) is 1.59. The van der Waals surface area contributed by atoms with E-state index in [1.165, 1.54) is 12.0 Å². The number of halogens is 2. The number of hydrogen-bond acceptors (Lipinski definition) is 2. The zero-order valence-electron chi connectivity index (χ0n) is 9.30. The summed E-state index contributed by atoms with van der Waals surface area (Å²) in [5.41, 5.74) is 1.21. The minimum Gasteiger partial charge on any atom is -0.467 e. The van der Waals surface area contributed by atoms with Crippen molar-refractivity contribution in [1.29, 1.82) is 0 Å². The van der Waals surface area contributed by atoms with E-state index in [2.05, 4.69) is 22.9 Å². The molecule has 88 valence electrons. The lowest BCUT2D eigenvalue weighted by Crippen LogP contribution is -1.99. The molecule has 0 spiro atoms. The number of benzene rings is 1. The molecule has 2 nitrogen and oxygen atoms in total. The third-order valence-electron chi connectivity index (χ3n) is 2.88. The van der Waals surface area contributed by atoms with Gasteiger partial charge in [-0.25, -0.2) is 0 Å². The first-order valence-corrected chi connectivity index (χ1v) is 6.41. The number of ether oxygens (including phenoxy) is 2. The van der Waals surface area contributed by atoms with Gasteiger partial charge in [0, 0.05) is 16.6 Å². The van der Waals surface area contributed by atoms with Crippen LogP contribution in [0.1, 0.15) is 24.8 Å². The highest BCUT2D eigenvalue weighted by Gasteiger charge is 2.37. The molecule has 2 atom stereocenters. The second kappa shape index (κ2) is 4.94. The molecule has 1 aliphatic carbocycles. The molecule has 0 aromatic heterocycles. The van der Waals surface area contributed by atoms with Crippen LogP contribution in [-0.2, 0) is 4.74 Å². The molecule has 0 heterocycles. The second-order valence-electron chi connectivity index (χ2n) is 4.17. The van der Waals surface area contributed by atoms with Gasteiger partial charge in [0.2, 0.25) is 0 Å². The lowest BCUT2D eigenvalue weighted by molar-refractivity contribution is 0.0511. The topological polar surface area (TPSA) is 18.5 Å². The Hall–Kier alpha value is -0.250. The second-order valence-corrected chi connectivity index (χ2v) is 5.43. The van der Waals surface area contributed by atoms with Crippen LogP contribution in [0.3, 0.4) is 0 Å². The van der Waals surface area contributed by atoms with Crippen LogP contribution in [0, 0.1) is 5.92 Å². The third kappa shape index (κ3) is 2.53. The van der Waals surface area contributed by atoms with Crippen LogP contribution in [0.15, 0.2) is 16.6 Å². The molecule has 0 N–H and O–H groups in total. The predicted octanol–water partition coefficient (Wildman–Crippen LogP) is 4.21. The van der Waals surface area contributed by atoms with Gasteiger partial charge in [0.05, 0.1) is 0 Å². The Labute approximate surface area is 109 Å². The number of rotatable bonds is 4. The summed E-state index contributed by atoms with van der Waals surface area (Å²) < 4.78 is 11.2. The molecule has 0 radical (unpaired) electrons. The van der Waals surface area contributed by atoms with Gasteiger partial charge in [0.15, 0.2) is 6.79 Å². The highest BCUT2D eigenvalue weighted by atomic mass is 79.9. The normalized spacial score (nSPS) is 23.2. The highest BCUT2D eigenvalue weighted by molar-refractivity contribution is 9.10. The van der Waals surface area contributed by atoms with Gasteiger partial charge in [-0.3, -0.25) is 0 Å². The van der Waals surface area contributed by atoms with Crippen molar-refractivity contribution in [1.82, 2.24) is 0 Å². The van der Waals surface area contributed by atoms with Crippen LogP contribution < -0.4 is 4.74 Å². The van der Waals surface area contributed by atoms with Gasteiger partial charge < -0.3 is 9.47 Å². The average Bonchev–Trinajstić information content (AvgIpc) is 2.91. The van der Waals surface area contributed by atoms with Crippen molar-refractivity contribution < 1.29 is 9.47 Å². The van der Waals surface area contributed by atoms with Gasteiger partial charge in [0.25, 0.3) is 0 Å². The van der Waals surface area contributed by atoms with Gasteiger partial charge in [-0.2, -0.15) is 0 Å². The molecule has 1 saturated carbocycles. The van der Waals surface area contributed by atoms with E-state index < -0.39 is 0 Å². The van der Waals surface area contributed by atoms with Crippen LogP contribution in [0.5, 0.6) is 5.75 Å². The molecule has 1 aromatic carbocycles. The first-order chi connectivity index (χ1) is 7.63. The Morgan fingerprint density at radius 2 is 2.19 bits per heavy atom. The Bertz CT molecular complexity index is 372. The van der Waals surface area contributed by atoms with Crippen molar-refractivity contribution >= 4 is 27.5 Å². The SMILES string of the molecule is COCOc1cc(Cl)c([C@@H]2C[C@@H]2C)c(Br)c1. The Morgan fingerprint density at radius 3 is 2.69 bits per heavy atom. The van der Waals surface area contributed by atoms with Crippen molar-refractivity contribution in [3.05, 3.63) is 27.2 Å². The molecule has 1 aromatic rings. The van der Waals surface area contributed by atoms with Crippen LogP contribution in [0.4, 0.5) is 0 Å². The van der Waals surface area contributed by atoms with E-state index in [0.717, 1.165) is 21.2 Å². The van der Waals surface area contributed by atoms with Crippen molar-refractivity contribution in [2.45, 2.75) is 19.3 Å². The number of methoxy groups -OCH3 is 1. The van der Waals surface area contributed by atoms with Crippen LogP contribution >= 0.6 is 27.5 Å². The Morgan fingerprint density at radius 1 is 1.50 bits per heavy atom. The summed E-state index contributed by atoms with van der Waals surface area (Å²) in [6.45, 7) is 2.48. The first-order valence-electron chi connectivity index (χ1n) is 5.24.